The number of halogens is 4. The van der Waals surface area contributed by atoms with Gasteiger partial charge in [-0.05, 0) is 13.8 Å². The zero-order valence-electron chi connectivity index (χ0n) is 8.31. The van der Waals surface area contributed by atoms with Crippen molar-refractivity contribution in [1.82, 2.24) is 0 Å². The SMILES string of the molecule is CC[N+]1=CC(C)=CCC1.F[B-](F)(F)F. The Labute approximate surface area is 81.2 Å². The van der Waals surface area contributed by atoms with E-state index in [2.05, 4.69) is 30.7 Å². The van der Waals surface area contributed by atoms with Gasteiger partial charge in [0, 0.05) is 12.0 Å². The van der Waals surface area contributed by atoms with Crippen molar-refractivity contribution in [1.29, 1.82) is 0 Å². The van der Waals surface area contributed by atoms with Gasteiger partial charge in [0.05, 0.1) is 0 Å². The van der Waals surface area contributed by atoms with Gasteiger partial charge in [0.2, 0.25) is 0 Å². The molecule has 14 heavy (non-hydrogen) atoms. The molecule has 0 spiro atoms. The average Bonchev–Trinajstić information content (AvgIpc) is 2.01. The van der Waals surface area contributed by atoms with Crippen LogP contribution in [0.25, 0.3) is 0 Å². The predicted molar refractivity (Wildman–Crippen MR) is 50.3 cm³/mol. The maximum atomic E-state index is 9.75. The standard InChI is InChI=1S/C8H14N.BF4/c1-3-9-6-4-5-8(2)7-9;2-1(3,4)5/h5,7H,3-4,6H2,1-2H3;/q+1;-1. The van der Waals surface area contributed by atoms with Gasteiger partial charge in [-0.3, -0.25) is 0 Å². The molecule has 0 aromatic carbocycles. The Hall–Kier alpha value is -0.805. The summed E-state index contributed by atoms with van der Waals surface area (Å²) in [6.07, 6.45) is 5.73. The fourth-order valence-corrected chi connectivity index (χ4v) is 1.11. The molecule has 0 aromatic rings. The number of nitrogens with zero attached hydrogens (tertiary/aromatic N) is 1. The van der Waals surface area contributed by atoms with E-state index < -0.39 is 7.25 Å². The van der Waals surface area contributed by atoms with Crippen LogP contribution in [0.2, 0.25) is 0 Å². The molecule has 1 aliphatic rings. The van der Waals surface area contributed by atoms with Crippen LogP contribution < -0.4 is 0 Å². The lowest BCUT2D eigenvalue weighted by Crippen LogP contribution is -2.17. The van der Waals surface area contributed by atoms with Crippen LogP contribution in [0.1, 0.15) is 20.3 Å². The van der Waals surface area contributed by atoms with Crippen LogP contribution >= 0.6 is 0 Å². The van der Waals surface area contributed by atoms with Gasteiger partial charge in [-0.25, -0.2) is 4.58 Å². The van der Waals surface area contributed by atoms with Gasteiger partial charge in [-0.2, -0.15) is 0 Å². The van der Waals surface area contributed by atoms with Gasteiger partial charge >= 0.3 is 7.25 Å². The first kappa shape index (κ1) is 13.2. The largest absolute Gasteiger partial charge is 0.673 e. The van der Waals surface area contributed by atoms with E-state index in [4.69, 9.17) is 0 Å². The van der Waals surface area contributed by atoms with Gasteiger partial charge < -0.3 is 17.3 Å². The van der Waals surface area contributed by atoms with Crippen LogP contribution in [0.5, 0.6) is 0 Å². The van der Waals surface area contributed by atoms with E-state index in [0.29, 0.717) is 0 Å². The molecule has 0 bridgehead atoms. The van der Waals surface area contributed by atoms with Crippen LogP contribution in [-0.4, -0.2) is 31.1 Å². The lowest BCUT2D eigenvalue weighted by Gasteiger charge is -2.03. The van der Waals surface area contributed by atoms with Gasteiger partial charge in [0.15, 0.2) is 6.21 Å². The lowest BCUT2D eigenvalue weighted by molar-refractivity contribution is -0.519. The summed E-state index contributed by atoms with van der Waals surface area (Å²) in [5, 5.41) is 0. The molecular weight excluding hydrogens is 197 g/mol. The number of hydrogen-bond donors (Lipinski definition) is 0. The molecule has 0 radical (unpaired) electrons. The summed E-state index contributed by atoms with van der Waals surface area (Å²) < 4.78 is 41.3. The minimum absolute atomic E-state index is 1.14. The Kier molecular flexibility index (Phi) is 5.49. The van der Waals surface area contributed by atoms with Gasteiger partial charge in [0.25, 0.3) is 0 Å². The van der Waals surface area contributed by atoms with E-state index in [-0.39, 0.29) is 0 Å². The van der Waals surface area contributed by atoms with E-state index in [0.717, 1.165) is 6.54 Å². The molecule has 0 N–H and O–H groups in total. The minimum atomic E-state index is -6.00. The molecule has 0 fully saturated rings. The molecular formula is C8H14BF4N. The van der Waals surface area contributed by atoms with E-state index in [1.165, 1.54) is 18.5 Å². The van der Waals surface area contributed by atoms with Crippen LogP contribution in [-0.2, 0) is 0 Å². The summed E-state index contributed by atoms with van der Waals surface area (Å²) in [4.78, 5) is 0. The summed E-state index contributed by atoms with van der Waals surface area (Å²) in [6.45, 7) is 6.69. The average molecular weight is 211 g/mol. The molecule has 82 valence electrons. The summed E-state index contributed by atoms with van der Waals surface area (Å²) in [5.41, 5.74) is 1.41. The van der Waals surface area contributed by atoms with E-state index in [9.17, 15) is 17.3 Å². The highest BCUT2D eigenvalue weighted by atomic mass is 19.5. The number of allylic oxidation sites excluding steroid dienone is 1. The Bertz CT molecular complexity index is 226. The molecule has 0 saturated carbocycles. The van der Waals surface area contributed by atoms with Crippen LogP contribution in [0.4, 0.5) is 17.3 Å². The first-order chi connectivity index (χ1) is 6.33. The Morgan fingerprint density at radius 1 is 1.36 bits per heavy atom. The van der Waals surface area contributed by atoms with Crippen molar-refractivity contribution in [3.05, 3.63) is 11.6 Å². The van der Waals surface area contributed by atoms with Gasteiger partial charge in [-0.1, -0.05) is 6.08 Å². The third-order valence-corrected chi connectivity index (χ3v) is 1.68. The monoisotopic (exact) mass is 211 g/mol. The van der Waals surface area contributed by atoms with Crippen molar-refractivity contribution in [2.75, 3.05) is 13.1 Å². The predicted octanol–water partition coefficient (Wildman–Crippen LogP) is 2.74. The molecule has 6 heteroatoms. The van der Waals surface area contributed by atoms with Crippen molar-refractivity contribution in [2.45, 2.75) is 20.3 Å². The second kappa shape index (κ2) is 5.83. The lowest BCUT2D eigenvalue weighted by atomic mass is 10.2. The fraction of sp³-hybridized carbons (Fsp3) is 0.625. The van der Waals surface area contributed by atoms with Gasteiger partial charge in [-0.15, -0.1) is 0 Å². The Balaban J connectivity index is 0.000000292. The topological polar surface area (TPSA) is 3.01 Å². The number of rotatable bonds is 1. The molecule has 1 nitrogen and oxygen atoms in total. The summed E-state index contributed by atoms with van der Waals surface area (Å²) in [6, 6.07) is 0. The first-order valence-electron chi connectivity index (χ1n) is 4.46. The van der Waals surface area contributed by atoms with E-state index in [1.54, 1.807) is 0 Å². The second-order valence-corrected chi connectivity index (χ2v) is 2.99. The van der Waals surface area contributed by atoms with E-state index in [1.807, 2.05) is 0 Å². The summed E-state index contributed by atoms with van der Waals surface area (Å²) >= 11 is 0. The highest BCUT2D eigenvalue weighted by molar-refractivity contribution is 6.50. The molecule has 0 atom stereocenters. The van der Waals surface area contributed by atoms with Crippen molar-refractivity contribution >= 4 is 13.5 Å². The molecule has 1 aliphatic heterocycles. The zero-order chi connectivity index (χ0) is 11.2. The summed E-state index contributed by atoms with van der Waals surface area (Å²) in [7, 11) is -6.00. The molecule has 0 unspecified atom stereocenters. The second-order valence-electron chi connectivity index (χ2n) is 2.99. The van der Waals surface area contributed by atoms with Crippen molar-refractivity contribution in [3.8, 4) is 0 Å². The van der Waals surface area contributed by atoms with Crippen LogP contribution in [0.3, 0.4) is 0 Å². The maximum absolute atomic E-state index is 9.75. The quantitative estimate of drug-likeness (QED) is 0.356. The molecule has 0 amide bonds. The van der Waals surface area contributed by atoms with Gasteiger partial charge in [0.1, 0.15) is 13.1 Å². The number of hydrogen-bond acceptors (Lipinski definition) is 0. The smallest absolute Gasteiger partial charge is 0.418 e. The van der Waals surface area contributed by atoms with Crippen molar-refractivity contribution < 1.29 is 21.8 Å². The van der Waals surface area contributed by atoms with Crippen LogP contribution in [0, 0.1) is 0 Å². The fourth-order valence-electron chi connectivity index (χ4n) is 1.11. The third-order valence-electron chi connectivity index (χ3n) is 1.68. The van der Waals surface area contributed by atoms with E-state index >= 15 is 0 Å². The highest BCUT2D eigenvalue weighted by Crippen LogP contribution is 2.06. The molecule has 1 rings (SSSR count). The molecule has 0 aromatic heterocycles. The highest BCUT2D eigenvalue weighted by Gasteiger charge is 2.20. The molecule has 0 aliphatic carbocycles. The normalized spacial score (nSPS) is 16.4. The third kappa shape index (κ3) is 9.28. The van der Waals surface area contributed by atoms with Crippen molar-refractivity contribution in [2.24, 2.45) is 0 Å². The molecule has 1 heterocycles. The molecule has 0 saturated heterocycles. The maximum Gasteiger partial charge on any atom is 0.673 e. The Morgan fingerprint density at radius 3 is 2.14 bits per heavy atom. The summed E-state index contributed by atoms with van der Waals surface area (Å²) in [5.74, 6) is 0. The Morgan fingerprint density at radius 2 is 1.86 bits per heavy atom. The zero-order valence-corrected chi connectivity index (χ0v) is 8.31. The van der Waals surface area contributed by atoms with Crippen LogP contribution in [0.15, 0.2) is 11.6 Å². The van der Waals surface area contributed by atoms with Crippen molar-refractivity contribution in [3.63, 3.8) is 0 Å². The minimum Gasteiger partial charge on any atom is -0.418 e. The first-order valence-corrected chi connectivity index (χ1v) is 4.46.